The van der Waals surface area contributed by atoms with Crippen molar-refractivity contribution in [2.75, 3.05) is 57.8 Å². The minimum Gasteiger partial charge on any atom is -0.450 e. The van der Waals surface area contributed by atoms with E-state index in [9.17, 15) is 14.4 Å². The first-order valence-corrected chi connectivity index (χ1v) is 16.5. The first kappa shape index (κ1) is 33.2. The third-order valence-corrected chi connectivity index (χ3v) is 8.61. The number of nitrogens with one attached hydrogen (secondary N) is 1. The number of nitrogens with zero attached hydrogens (tertiary/aromatic N) is 3. The summed E-state index contributed by atoms with van der Waals surface area (Å²) >= 11 is 0. The van der Waals surface area contributed by atoms with Gasteiger partial charge in [0.05, 0.1) is 24.3 Å². The Morgan fingerprint density at radius 1 is 1.00 bits per heavy atom. The molecule has 12 heteroatoms. The van der Waals surface area contributed by atoms with Gasteiger partial charge in [-0.2, -0.15) is 0 Å². The summed E-state index contributed by atoms with van der Waals surface area (Å²) in [6.45, 7) is 11.2. The van der Waals surface area contributed by atoms with E-state index in [1.54, 1.807) is 31.9 Å². The van der Waals surface area contributed by atoms with Gasteiger partial charge in [0.2, 0.25) is 5.43 Å². The van der Waals surface area contributed by atoms with Gasteiger partial charge in [0.25, 0.3) is 5.91 Å². The maximum absolute atomic E-state index is 15.8. The summed E-state index contributed by atoms with van der Waals surface area (Å²) in [6, 6.07) is 13.0. The molecular formula is C36H42FN5O6. The molecule has 1 aromatic heterocycles. The van der Waals surface area contributed by atoms with Gasteiger partial charge in [-0.05, 0) is 64.1 Å². The monoisotopic (exact) mass is 659 g/mol. The summed E-state index contributed by atoms with van der Waals surface area (Å²) in [5, 5.41) is 5.24. The number of hydrogen-bond acceptors (Lipinski definition) is 8. The standard InChI is InChI=1S/C31H31FN4O4.C5H11NO2/c32-24-18-22-27-30(26(24)33-10-5-11-34-14-16-39-17-15-34)40-29-21-7-2-1-6-20(21)8-9-25(29)36(27)19-23(28(22)37)31(38)35-12-3-4-13-35;1-5(2,3)8-4(6)7/h1-2,6-9,18-19,33H,3-5,10-17H2;1-3H3,(H2,6,7). The average molecular weight is 660 g/mol. The maximum atomic E-state index is 15.8. The number of fused-ring (bicyclic) bond motifs is 4. The van der Waals surface area contributed by atoms with Crippen molar-refractivity contribution in [2.24, 2.45) is 5.73 Å². The number of carbonyl (C=O) groups excluding carboxylic acids is 2. The number of halogens is 1. The van der Waals surface area contributed by atoms with E-state index in [0.717, 1.165) is 62.9 Å². The minimum atomic E-state index is -0.725. The highest BCUT2D eigenvalue weighted by atomic mass is 19.1. The predicted molar refractivity (Wildman–Crippen MR) is 183 cm³/mol. The quantitative estimate of drug-likeness (QED) is 0.224. The normalized spacial score (nSPS) is 15.8. The summed E-state index contributed by atoms with van der Waals surface area (Å²) in [5.41, 5.74) is 5.22. The Labute approximate surface area is 278 Å². The summed E-state index contributed by atoms with van der Waals surface area (Å²) in [5.74, 6) is -0.0548. The molecule has 0 atom stereocenters. The Hall–Kier alpha value is -4.68. The molecule has 0 saturated carbocycles. The highest BCUT2D eigenvalue weighted by Crippen LogP contribution is 2.47. The molecule has 0 bridgehead atoms. The van der Waals surface area contributed by atoms with Crippen molar-refractivity contribution in [2.45, 2.75) is 45.6 Å². The first-order chi connectivity index (χ1) is 23.0. The van der Waals surface area contributed by atoms with E-state index in [2.05, 4.69) is 15.0 Å². The van der Waals surface area contributed by atoms with Crippen LogP contribution in [0.2, 0.25) is 0 Å². The molecule has 2 saturated heterocycles. The molecular weight excluding hydrogens is 617 g/mol. The van der Waals surface area contributed by atoms with Crippen LogP contribution < -0.4 is 21.2 Å². The number of carbonyl (C=O) groups is 2. The van der Waals surface area contributed by atoms with E-state index in [-0.39, 0.29) is 28.3 Å². The lowest BCUT2D eigenvalue weighted by molar-refractivity contribution is 0.0378. The maximum Gasteiger partial charge on any atom is 0.405 e. The Morgan fingerprint density at radius 2 is 1.73 bits per heavy atom. The Balaban J connectivity index is 0.000000449. The summed E-state index contributed by atoms with van der Waals surface area (Å²) in [4.78, 5) is 41.2. The summed E-state index contributed by atoms with van der Waals surface area (Å²) in [7, 11) is 0. The van der Waals surface area contributed by atoms with Crippen molar-refractivity contribution in [3.63, 3.8) is 0 Å². The third kappa shape index (κ3) is 6.95. The van der Waals surface area contributed by atoms with Gasteiger partial charge >= 0.3 is 6.09 Å². The first-order valence-electron chi connectivity index (χ1n) is 16.5. The van der Waals surface area contributed by atoms with Gasteiger partial charge in [-0.3, -0.25) is 14.5 Å². The van der Waals surface area contributed by atoms with Crippen LogP contribution in [0.25, 0.3) is 27.4 Å². The van der Waals surface area contributed by atoms with Crippen LogP contribution in [0.1, 0.15) is 50.4 Å². The van der Waals surface area contributed by atoms with Gasteiger partial charge in [-0.1, -0.05) is 30.3 Å². The molecule has 2 amide bonds. The molecule has 4 heterocycles. The minimum absolute atomic E-state index is 0.0481. The number of likely N-dealkylation sites (tertiary alicyclic amines) is 1. The fraction of sp³-hybridized carbons (Fsp3) is 0.417. The zero-order chi connectivity index (χ0) is 34.0. The fourth-order valence-electron chi connectivity index (χ4n) is 6.40. The highest BCUT2D eigenvalue weighted by molar-refractivity contribution is 6.03. The zero-order valence-electron chi connectivity index (χ0n) is 27.6. The van der Waals surface area contributed by atoms with E-state index in [0.29, 0.717) is 36.6 Å². The Kier molecular flexibility index (Phi) is 9.56. The van der Waals surface area contributed by atoms with Crippen molar-refractivity contribution >= 4 is 39.4 Å². The SMILES string of the molecule is CC(C)(C)OC(N)=O.O=C(c1cn2c3c(c(NCCCN4CCOCC4)c(F)cc3c1=O)Oc1c-2ccc2ccccc12)N1CCCC1. The number of anilines is 1. The number of amides is 2. The van der Waals surface area contributed by atoms with Crippen molar-refractivity contribution in [1.29, 1.82) is 0 Å². The molecule has 254 valence electrons. The molecule has 4 aromatic rings. The Bertz CT molecular complexity index is 1910. The second-order valence-corrected chi connectivity index (χ2v) is 13.2. The number of benzene rings is 3. The van der Waals surface area contributed by atoms with Gasteiger partial charge in [0.15, 0.2) is 17.3 Å². The molecule has 3 aliphatic heterocycles. The van der Waals surface area contributed by atoms with Crippen LogP contribution in [0.4, 0.5) is 14.9 Å². The van der Waals surface area contributed by atoms with E-state index in [4.69, 9.17) is 15.2 Å². The summed E-state index contributed by atoms with van der Waals surface area (Å²) in [6.07, 6.45) is 3.53. The second kappa shape index (κ2) is 13.8. The van der Waals surface area contributed by atoms with Crippen molar-refractivity contribution in [3.05, 3.63) is 70.3 Å². The van der Waals surface area contributed by atoms with E-state index >= 15 is 4.39 Å². The van der Waals surface area contributed by atoms with Crippen LogP contribution in [0.5, 0.6) is 11.5 Å². The molecule has 11 nitrogen and oxygen atoms in total. The predicted octanol–water partition coefficient (Wildman–Crippen LogP) is 5.64. The fourth-order valence-corrected chi connectivity index (χ4v) is 6.40. The van der Waals surface area contributed by atoms with Crippen LogP contribution >= 0.6 is 0 Å². The molecule has 2 fully saturated rings. The molecule has 3 aromatic carbocycles. The molecule has 0 aliphatic carbocycles. The molecule has 7 rings (SSSR count). The topological polar surface area (TPSA) is 128 Å². The number of hydrogen-bond donors (Lipinski definition) is 2. The van der Waals surface area contributed by atoms with Gasteiger partial charge in [-0.25, -0.2) is 9.18 Å². The smallest absolute Gasteiger partial charge is 0.405 e. The van der Waals surface area contributed by atoms with Crippen LogP contribution in [-0.4, -0.2) is 84.5 Å². The van der Waals surface area contributed by atoms with Crippen molar-refractivity contribution < 1.29 is 28.2 Å². The van der Waals surface area contributed by atoms with Crippen molar-refractivity contribution in [1.82, 2.24) is 14.4 Å². The van der Waals surface area contributed by atoms with Crippen molar-refractivity contribution in [3.8, 4) is 17.2 Å². The molecule has 3 aliphatic rings. The lowest BCUT2D eigenvalue weighted by Crippen LogP contribution is -2.37. The zero-order valence-corrected chi connectivity index (χ0v) is 27.6. The number of ether oxygens (including phenoxy) is 3. The number of morpholine rings is 1. The molecule has 0 radical (unpaired) electrons. The number of aromatic nitrogens is 1. The molecule has 0 unspecified atom stereocenters. The average Bonchev–Trinajstić information content (AvgIpc) is 3.60. The van der Waals surface area contributed by atoms with Gasteiger partial charge in [-0.15, -0.1) is 0 Å². The lowest BCUT2D eigenvalue weighted by Gasteiger charge is -2.28. The van der Waals surface area contributed by atoms with Gasteiger partial charge < -0.3 is 34.7 Å². The molecule has 0 spiro atoms. The molecule has 3 N–H and O–H groups in total. The summed E-state index contributed by atoms with van der Waals surface area (Å²) < 4.78 is 34.1. The van der Waals surface area contributed by atoms with Crippen LogP contribution in [0.3, 0.4) is 0 Å². The largest absolute Gasteiger partial charge is 0.450 e. The van der Waals surface area contributed by atoms with E-state index in [1.165, 1.54) is 6.07 Å². The Morgan fingerprint density at radius 3 is 2.42 bits per heavy atom. The molecule has 48 heavy (non-hydrogen) atoms. The number of rotatable bonds is 6. The second-order valence-electron chi connectivity index (χ2n) is 13.2. The van der Waals surface area contributed by atoms with Crippen LogP contribution in [0.15, 0.2) is 53.5 Å². The van der Waals surface area contributed by atoms with Crippen LogP contribution in [-0.2, 0) is 9.47 Å². The third-order valence-electron chi connectivity index (χ3n) is 8.61. The van der Waals surface area contributed by atoms with Gasteiger partial charge in [0, 0.05) is 44.3 Å². The number of pyridine rings is 1. The van der Waals surface area contributed by atoms with E-state index < -0.39 is 22.9 Å². The van der Waals surface area contributed by atoms with Gasteiger partial charge in [0.1, 0.15) is 22.4 Å². The number of nitrogens with two attached hydrogens (primary N) is 1. The van der Waals surface area contributed by atoms with E-state index in [1.807, 2.05) is 41.0 Å². The van der Waals surface area contributed by atoms with Crippen LogP contribution in [0, 0.1) is 5.82 Å². The lowest BCUT2D eigenvalue weighted by atomic mass is 10.0. The highest BCUT2D eigenvalue weighted by Gasteiger charge is 2.31. The number of primary amides is 1.